The highest BCUT2D eigenvalue weighted by Crippen LogP contribution is 2.50. The second kappa shape index (κ2) is 4.85. The minimum absolute atomic E-state index is 0.0925. The van der Waals surface area contributed by atoms with Crippen LogP contribution in [0.5, 0.6) is 0 Å². The van der Waals surface area contributed by atoms with Gasteiger partial charge in [0.25, 0.3) is 0 Å². The number of nitrogens with two attached hydrogens (primary N) is 1. The molecule has 10 heteroatoms. The standard InChI is InChI=1S/C10H9Br2F3N2O2S/c11-6-3-5(16)4-7(12)8(6)20(18,19)17-9(1-2-9)10(13,14)15/h3-4,17H,1-2,16H2. The molecular formula is C10H9Br2F3N2O2S. The molecule has 0 atom stereocenters. The monoisotopic (exact) mass is 436 g/mol. The topological polar surface area (TPSA) is 72.2 Å². The molecule has 0 heterocycles. The Morgan fingerprint density at radius 2 is 1.65 bits per heavy atom. The van der Waals surface area contributed by atoms with E-state index in [2.05, 4.69) is 31.9 Å². The van der Waals surface area contributed by atoms with Gasteiger partial charge in [0.2, 0.25) is 10.0 Å². The Bertz CT molecular complexity index is 634. The van der Waals surface area contributed by atoms with Crippen molar-refractivity contribution in [1.82, 2.24) is 4.72 Å². The number of hydrogen-bond acceptors (Lipinski definition) is 3. The largest absolute Gasteiger partial charge is 0.407 e. The van der Waals surface area contributed by atoms with E-state index in [1.54, 1.807) is 4.72 Å². The molecule has 4 nitrogen and oxygen atoms in total. The van der Waals surface area contributed by atoms with Crippen LogP contribution in [0.2, 0.25) is 0 Å². The van der Waals surface area contributed by atoms with Crippen molar-refractivity contribution in [3.8, 4) is 0 Å². The first-order valence-corrected chi connectivity index (χ1v) is 8.41. The van der Waals surface area contributed by atoms with Gasteiger partial charge in [0.1, 0.15) is 10.4 Å². The summed E-state index contributed by atoms with van der Waals surface area (Å²) in [4.78, 5) is -0.303. The molecule has 1 aromatic carbocycles. The highest BCUT2D eigenvalue weighted by molar-refractivity contribution is 9.11. The van der Waals surface area contributed by atoms with Crippen molar-refractivity contribution in [2.75, 3.05) is 5.73 Å². The zero-order chi connectivity index (χ0) is 15.3. The van der Waals surface area contributed by atoms with Crippen molar-refractivity contribution >= 4 is 47.6 Å². The van der Waals surface area contributed by atoms with Gasteiger partial charge in [0, 0.05) is 14.6 Å². The molecule has 1 aromatic rings. The highest BCUT2D eigenvalue weighted by Gasteiger charge is 2.65. The third-order valence-corrected chi connectivity index (χ3v) is 6.32. The van der Waals surface area contributed by atoms with Crippen LogP contribution in [0.4, 0.5) is 18.9 Å². The lowest BCUT2D eigenvalue weighted by atomic mass is 10.3. The molecule has 112 valence electrons. The zero-order valence-electron chi connectivity index (χ0n) is 9.76. The molecule has 0 bridgehead atoms. The maximum absolute atomic E-state index is 12.8. The minimum atomic E-state index is -4.62. The normalized spacial score (nSPS) is 18.1. The van der Waals surface area contributed by atoms with Crippen molar-refractivity contribution in [3.63, 3.8) is 0 Å². The Morgan fingerprint density at radius 1 is 1.20 bits per heavy atom. The van der Waals surface area contributed by atoms with Crippen LogP contribution in [0.25, 0.3) is 0 Å². The first kappa shape index (κ1) is 16.1. The molecule has 0 radical (unpaired) electrons. The molecule has 0 unspecified atom stereocenters. The van der Waals surface area contributed by atoms with Gasteiger partial charge in [-0.1, -0.05) is 0 Å². The Balaban J connectivity index is 2.43. The lowest BCUT2D eigenvalue weighted by molar-refractivity contribution is -0.160. The van der Waals surface area contributed by atoms with E-state index in [1.807, 2.05) is 0 Å². The summed E-state index contributed by atoms with van der Waals surface area (Å²) in [5, 5.41) is 0. The zero-order valence-corrected chi connectivity index (χ0v) is 13.7. The Morgan fingerprint density at radius 3 is 2.00 bits per heavy atom. The Kier molecular flexibility index (Phi) is 3.90. The maximum Gasteiger partial charge on any atom is 0.407 e. The summed E-state index contributed by atoms with van der Waals surface area (Å²) < 4.78 is 64.8. The van der Waals surface area contributed by atoms with Crippen LogP contribution in [0.3, 0.4) is 0 Å². The lowest BCUT2D eigenvalue weighted by Gasteiger charge is -2.21. The fourth-order valence-electron chi connectivity index (χ4n) is 1.71. The fraction of sp³-hybridized carbons (Fsp3) is 0.400. The van der Waals surface area contributed by atoms with Crippen molar-refractivity contribution in [3.05, 3.63) is 21.1 Å². The number of rotatable bonds is 3. The molecule has 0 spiro atoms. The molecule has 20 heavy (non-hydrogen) atoms. The number of alkyl halides is 3. The third kappa shape index (κ3) is 2.83. The predicted molar refractivity (Wildman–Crippen MR) is 74.6 cm³/mol. The molecule has 0 amide bonds. The van der Waals surface area contributed by atoms with E-state index < -0.39 is 21.7 Å². The van der Waals surface area contributed by atoms with E-state index in [0.29, 0.717) is 0 Å². The average Bonchev–Trinajstić information content (AvgIpc) is 2.93. The van der Waals surface area contributed by atoms with Crippen LogP contribution in [0, 0.1) is 0 Å². The van der Waals surface area contributed by atoms with Crippen LogP contribution in [-0.2, 0) is 10.0 Å². The molecule has 0 aliphatic heterocycles. The van der Waals surface area contributed by atoms with E-state index in [4.69, 9.17) is 5.73 Å². The molecule has 1 fully saturated rings. The molecule has 0 aromatic heterocycles. The van der Waals surface area contributed by atoms with Crippen LogP contribution in [-0.4, -0.2) is 20.1 Å². The summed E-state index contributed by atoms with van der Waals surface area (Å²) in [6.07, 6.45) is -5.15. The molecule has 0 saturated heterocycles. The van der Waals surface area contributed by atoms with Crippen molar-refractivity contribution in [1.29, 1.82) is 0 Å². The fourth-order valence-corrected chi connectivity index (χ4v) is 5.78. The summed E-state index contributed by atoms with van der Waals surface area (Å²) in [5.74, 6) is 0. The number of sulfonamides is 1. The number of benzene rings is 1. The molecule has 1 aliphatic carbocycles. The molecule has 1 aliphatic rings. The van der Waals surface area contributed by atoms with Gasteiger partial charge >= 0.3 is 6.18 Å². The highest BCUT2D eigenvalue weighted by atomic mass is 79.9. The van der Waals surface area contributed by atoms with Gasteiger partial charge in [0.15, 0.2) is 0 Å². The maximum atomic E-state index is 12.8. The summed E-state index contributed by atoms with van der Waals surface area (Å²) in [6, 6.07) is 2.62. The van der Waals surface area contributed by atoms with Gasteiger partial charge in [-0.3, -0.25) is 0 Å². The van der Waals surface area contributed by atoms with Gasteiger partial charge in [0.05, 0.1) is 0 Å². The lowest BCUT2D eigenvalue weighted by Crippen LogP contribution is -2.47. The van der Waals surface area contributed by atoms with Crippen molar-refractivity contribution < 1.29 is 21.6 Å². The number of hydrogen-bond donors (Lipinski definition) is 2. The quantitative estimate of drug-likeness (QED) is 0.713. The van der Waals surface area contributed by atoms with Gasteiger partial charge in [-0.2, -0.15) is 17.9 Å². The minimum Gasteiger partial charge on any atom is -0.399 e. The summed E-state index contributed by atoms with van der Waals surface area (Å²) in [5.41, 5.74) is 3.45. The summed E-state index contributed by atoms with van der Waals surface area (Å²) in [6.45, 7) is 0. The number of anilines is 1. The van der Waals surface area contributed by atoms with Crippen molar-refractivity contribution in [2.45, 2.75) is 29.5 Å². The number of halogens is 5. The first-order valence-electron chi connectivity index (χ1n) is 5.34. The number of nitrogens with one attached hydrogen (secondary N) is 1. The van der Waals surface area contributed by atoms with Crippen LogP contribution in [0.15, 0.2) is 26.0 Å². The van der Waals surface area contributed by atoms with E-state index >= 15 is 0 Å². The van der Waals surface area contributed by atoms with Crippen LogP contribution in [0.1, 0.15) is 12.8 Å². The molecular weight excluding hydrogens is 429 g/mol. The predicted octanol–water partition coefficient (Wildman–Crippen LogP) is 3.17. The summed E-state index contributed by atoms with van der Waals surface area (Å²) >= 11 is 6.00. The van der Waals surface area contributed by atoms with Crippen molar-refractivity contribution in [2.24, 2.45) is 0 Å². The molecule has 1 saturated carbocycles. The van der Waals surface area contributed by atoms with E-state index in [9.17, 15) is 21.6 Å². The van der Waals surface area contributed by atoms with E-state index in [0.717, 1.165) is 0 Å². The number of nitrogen functional groups attached to an aromatic ring is 1. The molecule has 3 N–H and O–H groups in total. The Labute approximate surface area is 130 Å². The van der Waals surface area contributed by atoms with Gasteiger partial charge < -0.3 is 5.73 Å². The Hall–Kier alpha value is -0.320. The average molecular weight is 438 g/mol. The first-order chi connectivity index (χ1) is 8.98. The van der Waals surface area contributed by atoms with Gasteiger partial charge in [-0.15, -0.1) is 0 Å². The van der Waals surface area contributed by atoms with Crippen LogP contribution < -0.4 is 10.5 Å². The van der Waals surface area contributed by atoms with Gasteiger partial charge in [-0.25, -0.2) is 8.42 Å². The summed E-state index contributed by atoms with van der Waals surface area (Å²) in [7, 11) is -4.34. The second-order valence-corrected chi connectivity index (χ2v) is 7.83. The van der Waals surface area contributed by atoms with Gasteiger partial charge in [-0.05, 0) is 56.8 Å². The second-order valence-electron chi connectivity index (χ2n) is 4.50. The molecule has 2 rings (SSSR count). The smallest absolute Gasteiger partial charge is 0.399 e. The van der Waals surface area contributed by atoms with E-state index in [-0.39, 0.29) is 32.4 Å². The third-order valence-electron chi connectivity index (χ3n) is 2.91. The SMILES string of the molecule is Nc1cc(Br)c(S(=O)(=O)NC2(C(F)(F)F)CC2)c(Br)c1. The van der Waals surface area contributed by atoms with Crippen LogP contribution >= 0.6 is 31.9 Å². The van der Waals surface area contributed by atoms with E-state index in [1.165, 1.54) is 12.1 Å².